The smallest absolute Gasteiger partial charge is 0 e. The molecule has 1 atom stereocenters. The number of fused-ring (bicyclic) bond motifs is 3. The third kappa shape index (κ3) is 2.16. The van der Waals surface area contributed by atoms with Gasteiger partial charge in [-0.3, -0.25) is 0 Å². The summed E-state index contributed by atoms with van der Waals surface area (Å²) in [5, 5.41) is 0. The second-order valence-electron chi connectivity index (χ2n) is 5.43. The van der Waals surface area contributed by atoms with Gasteiger partial charge in [-0.05, 0) is 6.42 Å². The first-order valence-corrected chi connectivity index (χ1v) is 6.81. The van der Waals surface area contributed by atoms with Gasteiger partial charge in [0.1, 0.15) is 0 Å². The summed E-state index contributed by atoms with van der Waals surface area (Å²) in [6, 6.07) is 4.79. The molecule has 90 valence electrons. The molecule has 0 saturated heterocycles. The van der Waals surface area contributed by atoms with Gasteiger partial charge in [0.05, 0.1) is 0 Å². The van der Waals surface area contributed by atoms with Gasteiger partial charge in [0.15, 0.2) is 0 Å². The first kappa shape index (κ1) is 13.4. The van der Waals surface area contributed by atoms with Crippen molar-refractivity contribution in [3.8, 4) is 0 Å². The molecule has 1 heteroatoms. The van der Waals surface area contributed by atoms with E-state index >= 15 is 0 Å². The van der Waals surface area contributed by atoms with Gasteiger partial charge < -0.3 is 0 Å². The van der Waals surface area contributed by atoms with Crippen LogP contribution in [-0.2, 0) is 45.1 Å². The molecule has 0 radical (unpaired) electrons. The van der Waals surface area contributed by atoms with Crippen LogP contribution in [0.15, 0.2) is 12.1 Å². The predicted molar refractivity (Wildman–Crippen MR) is 68.6 cm³/mol. The normalized spacial score (nSPS) is 18.6. The SMILES string of the molecule is CCC(C)[C-]1CCc2ccc3c(c21)CCC3.[Hf]. The summed E-state index contributed by atoms with van der Waals surface area (Å²) in [6.45, 7) is 4.72. The van der Waals surface area contributed by atoms with Crippen molar-refractivity contribution in [1.82, 2.24) is 0 Å². The minimum atomic E-state index is 0. The third-order valence-electron chi connectivity index (χ3n) is 4.56. The van der Waals surface area contributed by atoms with Crippen molar-refractivity contribution in [3.05, 3.63) is 40.3 Å². The van der Waals surface area contributed by atoms with Gasteiger partial charge in [-0.2, -0.15) is 11.5 Å². The molecule has 0 aliphatic heterocycles. The Morgan fingerprint density at radius 2 is 1.94 bits per heavy atom. The van der Waals surface area contributed by atoms with E-state index in [1.54, 1.807) is 28.2 Å². The molecule has 3 rings (SSSR count). The average molecular weight is 392 g/mol. The van der Waals surface area contributed by atoms with Crippen LogP contribution in [0.1, 0.15) is 55.4 Å². The molecule has 0 aromatic heterocycles. The van der Waals surface area contributed by atoms with Gasteiger partial charge in [0, 0.05) is 25.8 Å². The molecule has 0 amide bonds. The molecule has 17 heavy (non-hydrogen) atoms. The Balaban J connectivity index is 0.00000108. The van der Waals surface area contributed by atoms with Gasteiger partial charge in [-0.15, -0.1) is 22.8 Å². The van der Waals surface area contributed by atoms with Gasteiger partial charge in [0.2, 0.25) is 0 Å². The van der Waals surface area contributed by atoms with E-state index in [0.29, 0.717) is 0 Å². The van der Waals surface area contributed by atoms with E-state index < -0.39 is 0 Å². The molecule has 0 saturated carbocycles. The Bertz CT molecular complexity index is 408. The summed E-state index contributed by atoms with van der Waals surface area (Å²) in [6.07, 6.45) is 7.93. The topological polar surface area (TPSA) is 0 Å². The van der Waals surface area contributed by atoms with Crippen molar-refractivity contribution < 1.29 is 25.8 Å². The van der Waals surface area contributed by atoms with Crippen molar-refractivity contribution >= 4 is 0 Å². The predicted octanol–water partition coefficient (Wildman–Crippen LogP) is 4.09. The zero-order chi connectivity index (χ0) is 11.1. The number of hydrogen-bond donors (Lipinski definition) is 0. The second-order valence-corrected chi connectivity index (χ2v) is 5.43. The van der Waals surface area contributed by atoms with Crippen LogP contribution in [-0.4, -0.2) is 0 Å². The van der Waals surface area contributed by atoms with Gasteiger partial charge in [0.25, 0.3) is 0 Å². The van der Waals surface area contributed by atoms with E-state index in [1.165, 1.54) is 38.5 Å². The van der Waals surface area contributed by atoms with E-state index in [1.807, 2.05) is 0 Å². The molecule has 0 nitrogen and oxygen atoms in total. The molecular weight excluding hydrogens is 371 g/mol. The molecule has 2 aliphatic rings. The van der Waals surface area contributed by atoms with Crippen molar-refractivity contribution in [1.29, 1.82) is 0 Å². The molecule has 0 spiro atoms. The van der Waals surface area contributed by atoms with Crippen LogP contribution in [0.3, 0.4) is 0 Å². The minimum Gasteiger partial charge on any atom is -0.182 e. The standard InChI is InChI=1S/C16H21.Hf/c1-3-11(2)14-10-9-13-8-7-12-5-4-6-15(12)16(13)14;/h7-8,11H,3-6,9-10H2,1-2H3;/q-1;. The minimum absolute atomic E-state index is 0. The molecule has 0 N–H and O–H groups in total. The fraction of sp³-hybridized carbons (Fsp3) is 0.562. The maximum Gasteiger partial charge on any atom is 0 e. The maximum atomic E-state index is 2.40. The summed E-state index contributed by atoms with van der Waals surface area (Å²) in [7, 11) is 0. The zero-order valence-corrected chi connectivity index (χ0v) is 14.6. The quantitative estimate of drug-likeness (QED) is 0.526. The monoisotopic (exact) mass is 393 g/mol. The van der Waals surface area contributed by atoms with Crippen LogP contribution < -0.4 is 0 Å². The van der Waals surface area contributed by atoms with Crippen LogP contribution in [0.25, 0.3) is 0 Å². The van der Waals surface area contributed by atoms with Gasteiger partial charge in [-0.25, -0.2) is 0 Å². The number of hydrogen-bond acceptors (Lipinski definition) is 0. The summed E-state index contributed by atoms with van der Waals surface area (Å²) in [4.78, 5) is 0. The van der Waals surface area contributed by atoms with Crippen LogP contribution in [0.2, 0.25) is 0 Å². The zero-order valence-electron chi connectivity index (χ0n) is 11.0. The second kappa shape index (κ2) is 5.30. The van der Waals surface area contributed by atoms with E-state index in [0.717, 1.165) is 5.92 Å². The van der Waals surface area contributed by atoms with Crippen LogP contribution in [0, 0.1) is 11.8 Å². The Kier molecular flexibility index (Phi) is 4.18. The van der Waals surface area contributed by atoms with E-state index in [-0.39, 0.29) is 25.8 Å². The van der Waals surface area contributed by atoms with Crippen molar-refractivity contribution in [2.45, 2.75) is 52.4 Å². The molecule has 0 fully saturated rings. The first-order chi connectivity index (χ1) is 7.81. The van der Waals surface area contributed by atoms with Crippen LogP contribution in [0.5, 0.6) is 0 Å². The third-order valence-corrected chi connectivity index (χ3v) is 4.56. The molecular formula is C16H21Hf-. The van der Waals surface area contributed by atoms with Crippen molar-refractivity contribution in [2.75, 3.05) is 0 Å². The summed E-state index contributed by atoms with van der Waals surface area (Å²) in [5.74, 6) is 2.55. The van der Waals surface area contributed by atoms with Gasteiger partial charge in [-0.1, -0.05) is 57.9 Å². The molecule has 2 aliphatic carbocycles. The Morgan fingerprint density at radius 3 is 2.71 bits per heavy atom. The van der Waals surface area contributed by atoms with Crippen LogP contribution >= 0.6 is 0 Å². The van der Waals surface area contributed by atoms with Gasteiger partial charge >= 0.3 is 0 Å². The number of aryl methyl sites for hydroxylation is 2. The molecule has 0 bridgehead atoms. The summed E-state index contributed by atoms with van der Waals surface area (Å²) < 4.78 is 0. The molecule has 0 heterocycles. The largest absolute Gasteiger partial charge is 0.182 e. The number of rotatable bonds is 2. The fourth-order valence-electron chi connectivity index (χ4n) is 3.46. The number of benzene rings is 1. The Morgan fingerprint density at radius 1 is 1.18 bits per heavy atom. The van der Waals surface area contributed by atoms with E-state index in [2.05, 4.69) is 26.0 Å². The average Bonchev–Trinajstić information content (AvgIpc) is 2.92. The fourth-order valence-corrected chi connectivity index (χ4v) is 3.46. The first-order valence-electron chi connectivity index (χ1n) is 6.81. The van der Waals surface area contributed by atoms with Crippen molar-refractivity contribution in [2.24, 2.45) is 5.92 Å². The molecule has 1 aromatic carbocycles. The maximum absolute atomic E-state index is 2.40. The van der Waals surface area contributed by atoms with Crippen molar-refractivity contribution in [3.63, 3.8) is 0 Å². The summed E-state index contributed by atoms with van der Waals surface area (Å²) >= 11 is 0. The molecule has 1 unspecified atom stereocenters. The van der Waals surface area contributed by atoms with Crippen LogP contribution in [0.4, 0.5) is 0 Å². The molecule has 1 aromatic rings. The summed E-state index contributed by atoms with van der Waals surface area (Å²) in [5.41, 5.74) is 6.69. The van der Waals surface area contributed by atoms with E-state index in [4.69, 9.17) is 0 Å². The van der Waals surface area contributed by atoms with E-state index in [9.17, 15) is 0 Å². The Hall–Kier alpha value is -0.0399. The Labute approximate surface area is 124 Å².